The summed E-state index contributed by atoms with van der Waals surface area (Å²) >= 11 is 6.17. The summed E-state index contributed by atoms with van der Waals surface area (Å²) in [6.45, 7) is 2.23. The monoisotopic (exact) mass is 374 g/mol. The van der Waals surface area contributed by atoms with E-state index in [2.05, 4.69) is 15.3 Å². The van der Waals surface area contributed by atoms with Crippen molar-refractivity contribution in [2.75, 3.05) is 11.9 Å². The zero-order valence-corrected chi connectivity index (χ0v) is 14.8. The maximum absolute atomic E-state index is 13.3. The fraction of sp³-hybridized carbons (Fsp3) is 0.158. The van der Waals surface area contributed by atoms with Crippen LogP contribution in [-0.4, -0.2) is 16.5 Å². The first-order valence-electron chi connectivity index (χ1n) is 7.97. The largest absolute Gasteiger partial charge is 0.368 e. The normalized spacial score (nSPS) is 12.0. The molecule has 1 atom stereocenters. The number of nitrogens with two attached hydrogens (primary N) is 1. The standard InChI is InChI=1S/C19H17ClF2N4/c1-11-2-3-13(6-14(11)20)18-8-19(26-10-25-18)24-9-17(23)12-4-5-15(21)16(22)7-12/h2-8,10,17H,9,23H2,1H3,(H,24,25,26)/t17-/m1/s1. The lowest BCUT2D eigenvalue weighted by molar-refractivity contribution is 0.505. The van der Waals surface area contributed by atoms with Crippen LogP contribution in [-0.2, 0) is 0 Å². The van der Waals surface area contributed by atoms with Crippen LogP contribution >= 0.6 is 11.6 Å². The van der Waals surface area contributed by atoms with E-state index < -0.39 is 17.7 Å². The molecular weight excluding hydrogens is 358 g/mol. The summed E-state index contributed by atoms with van der Waals surface area (Å²) in [6.07, 6.45) is 1.44. The van der Waals surface area contributed by atoms with Crippen LogP contribution in [0.3, 0.4) is 0 Å². The van der Waals surface area contributed by atoms with Gasteiger partial charge in [0.1, 0.15) is 12.1 Å². The van der Waals surface area contributed by atoms with Crippen LogP contribution in [0.1, 0.15) is 17.2 Å². The molecular formula is C19H17ClF2N4. The van der Waals surface area contributed by atoms with Crippen LogP contribution < -0.4 is 11.1 Å². The summed E-state index contributed by atoms with van der Waals surface area (Å²) in [5.74, 6) is -1.24. The van der Waals surface area contributed by atoms with Crippen LogP contribution in [0.25, 0.3) is 11.3 Å². The molecule has 0 radical (unpaired) electrons. The van der Waals surface area contributed by atoms with Crippen molar-refractivity contribution in [3.63, 3.8) is 0 Å². The highest BCUT2D eigenvalue weighted by molar-refractivity contribution is 6.31. The molecule has 1 heterocycles. The number of aryl methyl sites for hydroxylation is 1. The van der Waals surface area contributed by atoms with Gasteiger partial charge in [-0.2, -0.15) is 0 Å². The van der Waals surface area contributed by atoms with E-state index in [4.69, 9.17) is 17.3 Å². The van der Waals surface area contributed by atoms with Crippen LogP contribution in [0.4, 0.5) is 14.6 Å². The van der Waals surface area contributed by atoms with Gasteiger partial charge in [0.05, 0.1) is 5.69 Å². The second-order valence-corrected chi connectivity index (χ2v) is 6.32. The van der Waals surface area contributed by atoms with Crippen molar-refractivity contribution in [1.29, 1.82) is 0 Å². The molecule has 4 nitrogen and oxygen atoms in total. The number of aromatic nitrogens is 2. The van der Waals surface area contributed by atoms with Gasteiger partial charge in [0.25, 0.3) is 0 Å². The minimum absolute atomic E-state index is 0.302. The van der Waals surface area contributed by atoms with Crippen LogP contribution in [0.2, 0.25) is 5.02 Å². The van der Waals surface area contributed by atoms with E-state index in [9.17, 15) is 8.78 Å². The van der Waals surface area contributed by atoms with Crippen molar-refractivity contribution in [3.8, 4) is 11.3 Å². The van der Waals surface area contributed by atoms with Crippen LogP contribution in [0.5, 0.6) is 0 Å². The average Bonchev–Trinajstić information content (AvgIpc) is 2.64. The minimum Gasteiger partial charge on any atom is -0.368 e. The molecule has 0 aliphatic rings. The Morgan fingerprint density at radius 1 is 1.08 bits per heavy atom. The maximum atomic E-state index is 13.3. The molecule has 7 heteroatoms. The zero-order chi connectivity index (χ0) is 18.7. The number of nitrogens with one attached hydrogen (secondary N) is 1. The lowest BCUT2D eigenvalue weighted by atomic mass is 10.1. The number of hydrogen-bond acceptors (Lipinski definition) is 4. The van der Waals surface area contributed by atoms with Crippen molar-refractivity contribution < 1.29 is 8.78 Å². The maximum Gasteiger partial charge on any atom is 0.159 e. The smallest absolute Gasteiger partial charge is 0.159 e. The Kier molecular flexibility index (Phi) is 5.44. The Morgan fingerprint density at radius 3 is 2.62 bits per heavy atom. The summed E-state index contributed by atoms with van der Waals surface area (Å²) in [7, 11) is 0. The van der Waals surface area contributed by atoms with E-state index in [0.29, 0.717) is 28.6 Å². The molecule has 0 unspecified atom stereocenters. The third-order valence-electron chi connectivity index (χ3n) is 4.01. The minimum atomic E-state index is -0.918. The summed E-state index contributed by atoms with van der Waals surface area (Å²) < 4.78 is 26.3. The molecule has 0 fully saturated rings. The van der Waals surface area contributed by atoms with Gasteiger partial charge in [0, 0.05) is 29.2 Å². The molecule has 3 rings (SSSR count). The molecule has 0 saturated heterocycles. The van der Waals surface area contributed by atoms with E-state index in [1.807, 2.05) is 25.1 Å². The fourth-order valence-corrected chi connectivity index (χ4v) is 2.62. The van der Waals surface area contributed by atoms with E-state index in [-0.39, 0.29) is 0 Å². The summed E-state index contributed by atoms with van der Waals surface area (Å²) in [4.78, 5) is 8.41. The first-order valence-corrected chi connectivity index (χ1v) is 8.35. The predicted molar refractivity (Wildman–Crippen MR) is 99.0 cm³/mol. The Labute approximate surface area is 155 Å². The number of benzene rings is 2. The molecule has 0 spiro atoms. The Hall–Kier alpha value is -2.57. The molecule has 26 heavy (non-hydrogen) atoms. The highest BCUT2D eigenvalue weighted by Gasteiger charge is 2.10. The average molecular weight is 375 g/mol. The predicted octanol–water partition coefficient (Wildman–Crippen LogP) is 4.50. The molecule has 0 amide bonds. The van der Waals surface area contributed by atoms with Crippen molar-refractivity contribution in [1.82, 2.24) is 9.97 Å². The second-order valence-electron chi connectivity index (χ2n) is 5.91. The van der Waals surface area contributed by atoms with Gasteiger partial charge in [-0.15, -0.1) is 0 Å². The third-order valence-corrected chi connectivity index (χ3v) is 4.42. The van der Waals surface area contributed by atoms with Crippen LogP contribution in [0, 0.1) is 18.6 Å². The van der Waals surface area contributed by atoms with Crippen molar-refractivity contribution >= 4 is 17.4 Å². The number of hydrogen-bond donors (Lipinski definition) is 2. The molecule has 2 aromatic carbocycles. The van der Waals surface area contributed by atoms with Gasteiger partial charge in [-0.3, -0.25) is 0 Å². The fourth-order valence-electron chi connectivity index (χ4n) is 2.44. The van der Waals surface area contributed by atoms with E-state index in [1.54, 1.807) is 6.07 Å². The second kappa shape index (κ2) is 7.76. The number of anilines is 1. The quantitative estimate of drug-likeness (QED) is 0.690. The van der Waals surface area contributed by atoms with Gasteiger partial charge in [0.2, 0.25) is 0 Å². The van der Waals surface area contributed by atoms with Gasteiger partial charge in [0.15, 0.2) is 11.6 Å². The first kappa shape index (κ1) is 18.2. The summed E-state index contributed by atoms with van der Waals surface area (Å²) in [6, 6.07) is 10.6. The van der Waals surface area contributed by atoms with Gasteiger partial charge in [-0.05, 0) is 36.2 Å². The van der Waals surface area contributed by atoms with Gasteiger partial charge < -0.3 is 11.1 Å². The van der Waals surface area contributed by atoms with Gasteiger partial charge in [-0.1, -0.05) is 29.8 Å². The first-order chi connectivity index (χ1) is 12.4. The molecule has 0 bridgehead atoms. The Bertz CT molecular complexity index is 933. The Balaban J connectivity index is 1.72. The molecule has 3 N–H and O–H groups in total. The lowest BCUT2D eigenvalue weighted by Crippen LogP contribution is -2.21. The van der Waals surface area contributed by atoms with Crippen LogP contribution in [0.15, 0.2) is 48.8 Å². The van der Waals surface area contributed by atoms with Crippen molar-refractivity contribution in [2.24, 2.45) is 5.73 Å². The molecule has 1 aromatic heterocycles. The van der Waals surface area contributed by atoms with Gasteiger partial charge in [-0.25, -0.2) is 18.7 Å². The molecule has 134 valence electrons. The topological polar surface area (TPSA) is 63.8 Å². The SMILES string of the molecule is Cc1ccc(-c2cc(NC[C@@H](N)c3ccc(F)c(F)c3)ncn2)cc1Cl. The molecule has 0 saturated carbocycles. The third kappa shape index (κ3) is 4.15. The van der Waals surface area contributed by atoms with Gasteiger partial charge >= 0.3 is 0 Å². The van der Waals surface area contributed by atoms with Crippen molar-refractivity contribution in [3.05, 3.63) is 76.6 Å². The summed E-state index contributed by atoms with van der Waals surface area (Å²) in [5.41, 5.74) is 9.10. The highest BCUT2D eigenvalue weighted by Crippen LogP contribution is 2.25. The lowest BCUT2D eigenvalue weighted by Gasteiger charge is -2.14. The van der Waals surface area contributed by atoms with E-state index in [1.165, 1.54) is 12.4 Å². The Morgan fingerprint density at radius 2 is 1.88 bits per heavy atom. The number of rotatable bonds is 5. The molecule has 3 aromatic rings. The van der Waals surface area contributed by atoms with Crippen molar-refractivity contribution in [2.45, 2.75) is 13.0 Å². The zero-order valence-electron chi connectivity index (χ0n) is 14.0. The molecule has 0 aliphatic carbocycles. The van der Waals surface area contributed by atoms with E-state index in [0.717, 1.165) is 23.3 Å². The van der Waals surface area contributed by atoms with E-state index >= 15 is 0 Å². The summed E-state index contributed by atoms with van der Waals surface area (Å²) in [5, 5.41) is 3.75. The number of nitrogens with zero attached hydrogens (tertiary/aromatic N) is 2. The molecule has 0 aliphatic heterocycles. The highest BCUT2D eigenvalue weighted by atomic mass is 35.5. The number of halogens is 3.